The van der Waals surface area contributed by atoms with Gasteiger partial charge in [0.15, 0.2) is 5.65 Å². The number of anilines is 1. The van der Waals surface area contributed by atoms with Crippen LogP contribution in [0, 0.1) is 12.8 Å². The Hall–Kier alpha value is -4.06. The highest BCUT2D eigenvalue weighted by molar-refractivity contribution is 5.81. The third-order valence-corrected chi connectivity index (χ3v) is 8.18. The second-order valence-corrected chi connectivity index (χ2v) is 11.0. The van der Waals surface area contributed by atoms with Crippen molar-refractivity contribution < 1.29 is 9.90 Å². The largest absolute Gasteiger partial charge is 0.388 e. The highest BCUT2D eigenvalue weighted by Gasteiger charge is 2.39. The van der Waals surface area contributed by atoms with Crippen molar-refractivity contribution in [3.8, 4) is 5.69 Å². The molecule has 12 heteroatoms. The molecular weight excluding hydrogens is 498 g/mol. The Kier molecular flexibility index (Phi) is 5.55. The lowest BCUT2D eigenvalue weighted by atomic mass is 9.91. The van der Waals surface area contributed by atoms with Gasteiger partial charge in [-0.1, -0.05) is 0 Å². The topological polar surface area (TPSA) is 127 Å². The second-order valence-electron chi connectivity index (χ2n) is 11.0. The molecule has 3 aromatic heterocycles. The van der Waals surface area contributed by atoms with E-state index in [4.69, 9.17) is 0 Å². The highest BCUT2D eigenvalue weighted by atomic mass is 16.3. The van der Waals surface area contributed by atoms with E-state index in [9.17, 15) is 14.7 Å². The molecule has 1 saturated heterocycles. The van der Waals surface area contributed by atoms with Crippen LogP contribution in [0.3, 0.4) is 0 Å². The predicted molar refractivity (Wildman–Crippen MR) is 142 cm³/mol. The zero-order valence-corrected chi connectivity index (χ0v) is 21.9. The van der Waals surface area contributed by atoms with Gasteiger partial charge in [0.2, 0.25) is 5.91 Å². The van der Waals surface area contributed by atoms with Gasteiger partial charge < -0.3 is 14.9 Å². The standard InChI is InChI=1S/C27H31N9O3/c1-18-30-23-15-33(12-13-35(23)31-18)20-4-6-21(7-5-20)36-24-22(14-29-36)26(38)34(17-28-24)16-27(39)8-10-32(11-9-27)25(37)19-2-3-19/h4-7,14,17,19,39H,2-3,8-13,15-16H2,1H3. The summed E-state index contributed by atoms with van der Waals surface area (Å²) in [6.07, 6.45) is 5.86. The lowest BCUT2D eigenvalue weighted by molar-refractivity contribution is -0.137. The SMILES string of the molecule is Cc1nc2n(n1)CCN(c1ccc(-n3ncc4c(=O)n(CC5(O)CCN(C(=O)C6CC6)CC5)cnc43)cc1)C2. The fourth-order valence-corrected chi connectivity index (χ4v) is 5.74. The molecule has 1 amide bonds. The Balaban J connectivity index is 1.07. The minimum absolute atomic E-state index is 0.142. The van der Waals surface area contributed by atoms with E-state index in [-0.39, 0.29) is 23.9 Å². The van der Waals surface area contributed by atoms with E-state index in [1.807, 2.05) is 40.8 Å². The number of aryl methyl sites for hydroxylation is 1. The number of hydrogen-bond donors (Lipinski definition) is 1. The molecule has 0 unspecified atom stereocenters. The van der Waals surface area contributed by atoms with Crippen molar-refractivity contribution in [1.29, 1.82) is 0 Å². The number of likely N-dealkylation sites (tertiary alicyclic amines) is 1. The van der Waals surface area contributed by atoms with Crippen molar-refractivity contribution in [3.63, 3.8) is 0 Å². The minimum Gasteiger partial charge on any atom is -0.388 e. The summed E-state index contributed by atoms with van der Waals surface area (Å²) < 4.78 is 5.09. The fraction of sp³-hybridized carbons (Fsp3) is 0.481. The van der Waals surface area contributed by atoms with E-state index in [0.29, 0.717) is 43.5 Å². The quantitative estimate of drug-likeness (QED) is 0.410. The fourth-order valence-electron chi connectivity index (χ4n) is 5.74. The maximum Gasteiger partial charge on any atom is 0.264 e. The van der Waals surface area contributed by atoms with Crippen LogP contribution in [-0.4, -0.2) is 75.2 Å². The molecule has 202 valence electrons. The van der Waals surface area contributed by atoms with Gasteiger partial charge >= 0.3 is 0 Å². The molecule has 39 heavy (non-hydrogen) atoms. The van der Waals surface area contributed by atoms with E-state index in [1.165, 1.54) is 17.1 Å². The van der Waals surface area contributed by atoms with Crippen molar-refractivity contribution in [2.75, 3.05) is 24.5 Å². The number of hydrogen-bond acceptors (Lipinski definition) is 8. The first-order valence-corrected chi connectivity index (χ1v) is 13.6. The number of benzene rings is 1. The van der Waals surface area contributed by atoms with Crippen molar-refractivity contribution in [2.45, 2.75) is 57.8 Å². The molecule has 0 atom stereocenters. The second kappa shape index (κ2) is 9.01. The first-order valence-electron chi connectivity index (χ1n) is 13.6. The van der Waals surface area contributed by atoms with E-state index < -0.39 is 5.60 Å². The highest BCUT2D eigenvalue weighted by Crippen LogP contribution is 2.33. The summed E-state index contributed by atoms with van der Waals surface area (Å²) in [6.45, 7) is 5.43. The summed E-state index contributed by atoms with van der Waals surface area (Å²) in [7, 11) is 0. The molecule has 1 aromatic carbocycles. The van der Waals surface area contributed by atoms with Crippen LogP contribution < -0.4 is 10.5 Å². The van der Waals surface area contributed by atoms with Crippen LogP contribution in [-0.2, 0) is 24.4 Å². The number of amides is 1. The van der Waals surface area contributed by atoms with Crippen LogP contribution in [0.25, 0.3) is 16.7 Å². The molecular formula is C27H31N9O3. The Morgan fingerprint density at radius 1 is 1.08 bits per heavy atom. The summed E-state index contributed by atoms with van der Waals surface area (Å²) in [4.78, 5) is 38.8. The molecule has 12 nitrogen and oxygen atoms in total. The summed E-state index contributed by atoms with van der Waals surface area (Å²) in [5, 5.41) is 20.5. The molecule has 5 heterocycles. The molecule has 3 aliphatic rings. The van der Waals surface area contributed by atoms with Crippen LogP contribution in [0.5, 0.6) is 0 Å². The average molecular weight is 530 g/mol. The van der Waals surface area contributed by atoms with Gasteiger partial charge in [-0.3, -0.25) is 14.2 Å². The van der Waals surface area contributed by atoms with Gasteiger partial charge in [-0.05, 0) is 56.9 Å². The molecule has 2 fully saturated rings. The lowest BCUT2D eigenvalue weighted by Crippen LogP contribution is -2.50. The molecule has 1 N–H and O–H groups in total. The van der Waals surface area contributed by atoms with E-state index in [0.717, 1.165) is 49.0 Å². The maximum absolute atomic E-state index is 13.3. The number of aromatic nitrogens is 7. The van der Waals surface area contributed by atoms with Crippen molar-refractivity contribution in [1.82, 2.24) is 39.0 Å². The Morgan fingerprint density at radius 3 is 2.56 bits per heavy atom. The smallest absolute Gasteiger partial charge is 0.264 e. The molecule has 0 radical (unpaired) electrons. The van der Waals surface area contributed by atoms with Gasteiger partial charge in [-0.15, -0.1) is 0 Å². The van der Waals surface area contributed by atoms with Gasteiger partial charge in [0, 0.05) is 31.2 Å². The number of fused-ring (bicyclic) bond motifs is 2. The molecule has 0 spiro atoms. The van der Waals surface area contributed by atoms with Gasteiger partial charge in [0.25, 0.3) is 5.56 Å². The third-order valence-electron chi connectivity index (χ3n) is 8.18. The first kappa shape index (κ1) is 24.0. The minimum atomic E-state index is -1.05. The number of rotatable bonds is 5. The van der Waals surface area contributed by atoms with Crippen LogP contribution in [0.1, 0.15) is 37.3 Å². The van der Waals surface area contributed by atoms with Crippen molar-refractivity contribution in [3.05, 3.63) is 58.8 Å². The van der Waals surface area contributed by atoms with Crippen LogP contribution in [0.15, 0.2) is 41.6 Å². The molecule has 1 aliphatic carbocycles. The normalized spacial score (nSPS) is 18.9. The van der Waals surface area contributed by atoms with Crippen molar-refractivity contribution in [2.24, 2.45) is 5.92 Å². The molecule has 4 aromatic rings. The lowest BCUT2D eigenvalue weighted by Gasteiger charge is -2.38. The molecule has 2 aliphatic heterocycles. The number of carbonyl (C=O) groups is 1. The van der Waals surface area contributed by atoms with Crippen LogP contribution in [0.2, 0.25) is 0 Å². The van der Waals surface area contributed by atoms with Crippen LogP contribution >= 0.6 is 0 Å². The molecule has 7 rings (SSSR count). The van der Waals surface area contributed by atoms with Gasteiger partial charge in [0.05, 0.1) is 37.1 Å². The summed E-state index contributed by atoms with van der Waals surface area (Å²) in [6, 6.07) is 8.02. The van der Waals surface area contributed by atoms with Crippen LogP contribution in [0.4, 0.5) is 5.69 Å². The van der Waals surface area contributed by atoms with E-state index >= 15 is 0 Å². The monoisotopic (exact) mass is 529 g/mol. The zero-order valence-electron chi connectivity index (χ0n) is 21.9. The maximum atomic E-state index is 13.3. The first-order chi connectivity index (χ1) is 18.9. The van der Waals surface area contributed by atoms with Gasteiger partial charge in [-0.2, -0.15) is 10.2 Å². The Bertz CT molecular complexity index is 1610. The Morgan fingerprint density at radius 2 is 1.82 bits per heavy atom. The van der Waals surface area contributed by atoms with E-state index in [1.54, 1.807) is 4.68 Å². The number of aliphatic hydroxyl groups is 1. The van der Waals surface area contributed by atoms with E-state index in [2.05, 4.69) is 25.1 Å². The average Bonchev–Trinajstić information content (AvgIpc) is 3.59. The summed E-state index contributed by atoms with van der Waals surface area (Å²) >= 11 is 0. The zero-order chi connectivity index (χ0) is 26.7. The molecule has 0 bridgehead atoms. The number of piperidine rings is 1. The summed E-state index contributed by atoms with van der Waals surface area (Å²) in [5.74, 6) is 2.13. The van der Waals surface area contributed by atoms with Crippen molar-refractivity contribution >= 4 is 22.6 Å². The van der Waals surface area contributed by atoms with Gasteiger partial charge in [-0.25, -0.2) is 19.3 Å². The predicted octanol–water partition coefficient (Wildman–Crippen LogP) is 1.27. The number of nitrogens with zero attached hydrogens (tertiary/aromatic N) is 9. The Labute approximate surface area is 224 Å². The van der Waals surface area contributed by atoms with Gasteiger partial charge in [0.1, 0.15) is 23.4 Å². The number of carbonyl (C=O) groups excluding carboxylic acids is 1. The summed E-state index contributed by atoms with van der Waals surface area (Å²) in [5.41, 5.74) is 1.07. The third kappa shape index (κ3) is 4.38. The molecule has 1 saturated carbocycles.